The van der Waals surface area contributed by atoms with Gasteiger partial charge < -0.3 is 14.7 Å². The summed E-state index contributed by atoms with van der Waals surface area (Å²) < 4.78 is 5.41. The highest BCUT2D eigenvalue weighted by molar-refractivity contribution is 6.00. The minimum Gasteiger partial charge on any atom is -0.378 e. The number of ether oxygens (including phenoxy) is 1. The van der Waals surface area contributed by atoms with Gasteiger partial charge in [0, 0.05) is 11.5 Å². The molecule has 94 valence electrons. The lowest BCUT2D eigenvalue weighted by atomic mass is 9.95. The Labute approximate surface area is 103 Å². The van der Waals surface area contributed by atoms with E-state index in [0.717, 1.165) is 6.42 Å². The van der Waals surface area contributed by atoms with Gasteiger partial charge in [-0.25, -0.2) is 4.79 Å². The number of hydrogen-bond donors (Lipinski definition) is 2. The van der Waals surface area contributed by atoms with Crippen molar-refractivity contribution < 1.29 is 9.53 Å². The maximum absolute atomic E-state index is 12.3. The molecule has 0 radical (unpaired) electrons. The van der Waals surface area contributed by atoms with Gasteiger partial charge >= 0.3 is 5.69 Å². The molecule has 2 aromatic rings. The Morgan fingerprint density at radius 2 is 2.11 bits per heavy atom. The number of hydrogen-bond acceptors (Lipinski definition) is 3. The molecule has 0 aliphatic carbocycles. The van der Waals surface area contributed by atoms with Crippen molar-refractivity contribution >= 4 is 16.8 Å². The minimum absolute atomic E-state index is 0.0666. The molecule has 0 bridgehead atoms. The molecule has 1 aliphatic heterocycles. The van der Waals surface area contributed by atoms with Crippen molar-refractivity contribution in [2.75, 3.05) is 6.61 Å². The van der Waals surface area contributed by atoms with E-state index in [0.29, 0.717) is 23.2 Å². The SMILES string of the molecule is CC1CC(C(=O)c2ccc3[nH]c(=O)[nH]c3c2)CO1. The van der Waals surface area contributed by atoms with Crippen molar-refractivity contribution in [1.29, 1.82) is 0 Å². The van der Waals surface area contributed by atoms with Gasteiger partial charge in [0.1, 0.15) is 0 Å². The predicted molar refractivity (Wildman–Crippen MR) is 66.8 cm³/mol. The molecule has 0 saturated carbocycles. The fourth-order valence-corrected chi connectivity index (χ4v) is 2.42. The Kier molecular flexibility index (Phi) is 2.56. The number of H-pyrrole nitrogens is 2. The first-order chi connectivity index (χ1) is 8.63. The summed E-state index contributed by atoms with van der Waals surface area (Å²) in [6.45, 7) is 2.46. The zero-order valence-electron chi connectivity index (χ0n) is 10.0. The molecule has 3 rings (SSSR count). The van der Waals surface area contributed by atoms with Crippen molar-refractivity contribution in [2.24, 2.45) is 5.92 Å². The van der Waals surface area contributed by atoms with E-state index in [1.54, 1.807) is 18.2 Å². The summed E-state index contributed by atoms with van der Waals surface area (Å²) in [4.78, 5) is 28.7. The molecule has 5 nitrogen and oxygen atoms in total. The van der Waals surface area contributed by atoms with E-state index in [9.17, 15) is 9.59 Å². The van der Waals surface area contributed by atoms with E-state index < -0.39 is 0 Å². The summed E-state index contributed by atoms with van der Waals surface area (Å²) in [5, 5.41) is 0. The monoisotopic (exact) mass is 246 g/mol. The smallest absolute Gasteiger partial charge is 0.323 e. The van der Waals surface area contributed by atoms with Gasteiger partial charge in [0.05, 0.1) is 23.7 Å². The summed E-state index contributed by atoms with van der Waals surface area (Å²) in [7, 11) is 0. The van der Waals surface area contributed by atoms with Crippen LogP contribution in [0.2, 0.25) is 0 Å². The van der Waals surface area contributed by atoms with E-state index in [2.05, 4.69) is 9.97 Å². The second-order valence-electron chi connectivity index (χ2n) is 4.78. The summed E-state index contributed by atoms with van der Waals surface area (Å²) in [5.41, 5.74) is 1.75. The molecule has 18 heavy (non-hydrogen) atoms. The average Bonchev–Trinajstić information content (AvgIpc) is 2.92. The summed E-state index contributed by atoms with van der Waals surface area (Å²) in [5.74, 6) is 0.0198. The van der Waals surface area contributed by atoms with Gasteiger partial charge in [0.2, 0.25) is 0 Å². The normalized spacial score (nSPS) is 23.6. The van der Waals surface area contributed by atoms with Crippen molar-refractivity contribution in [3.05, 3.63) is 34.2 Å². The number of ketones is 1. The minimum atomic E-state index is -0.257. The van der Waals surface area contributed by atoms with E-state index >= 15 is 0 Å². The summed E-state index contributed by atoms with van der Waals surface area (Å²) in [6, 6.07) is 5.22. The van der Waals surface area contributed by atoms with Crippen molar-refractivity contribution in [2.45, 2.75) is 19.4 Å². The largest absolute Gasteiger partial charge is 0.378 e. The van der Waals surface area contributed by atoms with Gasteiger partial charge in [-0.3, -0.25) is 4.79 Å². The van der Waals surface area contributed by atoms with Crippen LogP contribution in [0.5, 0.6) is 0 Å². The number of fused-ring (bicyclic) bond motifs is 1. The second-order valence-corrected chi connectivity index (χ2v) is 4.78. The lowest BCUT2D eigenvalue weighted by Gasteiger charge is -2.06. The number of carbonyl (C=O) groups is 1. The van der Waals surface area contributed by atoms with Crippen LogP contribution in [-0.2, 0) is 4.74 Å². The Bertz CT molecular complexity index is 656. The maximum atomic E-state index is 12.3. The van der Waals surface area contributed by atoms with Gasteiger partial charge in [0.25, 0.3) is 0 Å². The highest BCUT2D eigenvalue weighted by atomic mass is 16.5. The number of imidazole rings is 1. The maximum Gasteiger partial charge on any atom is 0.323 e. The molecule has 1 aromatic carbocycles. The molecule has 1 aliphatic rings. The highest BCUT2D eigenvalue weighted by Gasteiger charge is 2.29. The number of carbonyl (C=O) groups excluding carboxylic acids is 1. The highest BCUT2D eigenvalue weighted by Crippen LogP contribution is 2.24. The fourth-order valence-electron chi connectivity index (χ4n) is 2.42. The third-order valence-corrected chi connectivity index (χ3v) is 3.37. The number of aromatic amines is 2. The van der Waals surface area contributed by atoms with E-state index in [4.69, 9.17) is 4.74 Å². The Hall–Kier alpha value is -1.88. The van der Waals surface area contributed by atoms with Crippen LogP contribution in [0.15, 0.2) is 23.0 Å². The predicted octanol–water partition coefficient (Wildman–Crippen LogP) is 1.46. The zero-order chi connectivity index (χ0) is 12.7. The van der Waals surface area contributed by atoms with E-state index in [-0.39, 0.29) is 23.5 Å². The first-order valence-electron chi connectivity index (χ1n) is 6.01. The molecular weight excluding hydrogens is 232 g/mol. The number of nitrogens with one attached hydrogen (secondary N) is 2. The van der Waals surface area contributed by atoms with Gasteiger partial charge in [-0.2, -0.15) is 0 Å². The molecule has 1 saturated heterocycles. The van der Waals surface area contributed by atoms with Crippen LogP contribution < -0.4 is 5.69 Å². The standard InChI is InChI=1S/C13H14N2O3/c1-7-4-9(6-18-7)12(16)8-2-3-10-11(5-8)15-13(17)14-10/h2-3,5,7,9H,4,6H2,1H3,(H2,14,15,17). The number of rotatable bonds is 2. The second kappa shape index (κ2) is 4.10. The topological polar surface area (TPSA) is 75.0 Å². The molecule has 2 unspecified atom stereocenters. The third kappa shape index (κ3) is 1.86. The Morgan fingerprint density at radius 1 is 1.33 bits per heavy atom. The number of aromatic nitrogens is 2. The number of Topliss-reactive ketones (excluding diaryl/α,β-unsaturated/α-hetero) is 1. The first-order valence-corrected chi connectivity index (χ1v) is 6.01. The van der Waals surface area contributed by atoms with E-state index in [1.807, 2.05) is 6.92 Å². The van der Waals surface area contributed by atoms with Crippen LogP contribution in [0.3, 0.4) is 0 Å². The van der Waals surface area contributed by atoms with Crippen LogP contribution in [0.1, 0.15) is 23.7 Å². The summed E-state index contributed by atoms with van der Waals surface area (Å²) >= 11 is 0. The third-order valence-electron chi connectivity index (χ3n) is 3.37. The van der Waals surface area contributed by atoms with Gasteiger partial charge in [0.15, 0.2) is 5.78 Å². The van der Waals surface area contributed by atoms with Crippen LogP contribution in [-0.4, -0.2) is 28.5 Å². The molecule has 1 aromatic heterocycles. The molecule has 5 heteroatoms. The molecular formula is C13H14N2O3. The van der Waals surface area contributed by atoms with Crippen LogP contribution >= 0.6 is 0 Å². The molecule has 2 N–H and O–H groups in total. The lowest BCUT2D eigenvalue weighted by Crippen LogP contribution is -2.14. The lowest BCUT2D eigenvalue weighted by molar-refractivity contribution is 0.0878. The Morgan fingerprint density at radius 3 is 2.83 bits per heavy atom. The van der Waals surface area contributed by atoms with Crippen molar-refractivity contribution in [3.8, 4) is 0 Å². The average molecular weight is 246 g/mol. The van der Waals surface area contributed by atoms with Crippen LogP contribution in [0, 0.1) is 5.92 Å². The van der Waals surface area contributed by atoms with Gasteiger partial charge in [-0.05, 0) is 31.5 Å². The molecule has 2 atom stereocenters. The Balaban J connectivity index is 1.93. The molecule has 2 heterocycles. The fraction of sp³-hybridized carbons (Fsp3) is 0.385. The first kappa shape index (κ1) is 11.2. The van der Waals surface area contributed by atoms with Crippen molar-refractivity contribution in [3.63, 3.8) is 0 Å². The quantitative estimate of drug-likeness (QED) is 0.788. The zero-order valence-corrected chi connectivity index (χ0v) is 10.0. The summed E-state index contributed by atoms with van der Waals surface area (Å²) in [6.07, 6.45) is 0.912. The van der Waals surface area contributed by atoms with Crippen LogP contribution in [0.4, 0.5) is 0 Å². The molecule has 0 spiro atoms. The van der Waals surface area contributed by atoms with E-state index in [1.165, 1.54) is 0 Å². The van der Waals surface area contributed by atoms with Gasteiger partial charge in [-0.15, -0.1) is 0 Å². The van der Waals surface area contributed by atoms with Crippen LogP contribution in [0.25, 0.3) is 11.0 Å². The number of benzene rings is 1. The van der Waals surface area contributed by atoms with Crippen molar-refractivity contribution in [1.82, 2.24) is 9.97 Å². The molecule has 0 amide bonds. The van der Waals surface area contributed by atoms with Gasteiger partial charge in [-0.1, -0.05) is 0 Å². The molecule has 1 fully saturated rings.